The van der Waals surface area contributed by atoms with Crippen molar-refractivity contribution < 1.29 is 31.1 Å². The highest BCUT2D eigenvalue weighted by Crippen LogP contribution is 2.35. The molecule has 10 heteroatoms. The van der Waals surface area contributed by atoms with Crippen molar-refractivity contribution in [1.29, 1.82) is 0 Å². The smallest absolute Gasteiger partial charge is 0.373 e. The molecule has 2 aromatic carbocycles. The number of ether oxygens (including phenoxy) is 1. The van der Waals surface area contributed by atoms with E-state index in [-0.39, 0.29) is 28.1 Å². The van der Waals surface area contributed by atoms with Gasteiger partial charge < -0.3 is 15.4 Å². The second kappa shape index (κ2) is 9.91. The maximum atomic E-state index is 12.9. The van der Waals surface area contributed by atoms with Gasteiger partial charge in [-0.3, -0.25) is 0 Å². The molecular weight excluding hydrogens is 445 g/mol. The Balaban J connectivity index is 1.87. The van der Waals surface area contributed by atoms with Crippen molar-refractivity contribution >= 4 is 27.2 Å². The van der Waals surface area contributed by atoms with E-state index in [4.69, 9.17) is 4.74 Å². The topological polar surface area (TPSA) is 84.5 Å². The first kappa shape index (κ1) is 24.1. The number of hydrogen-bond donors (Lipinski definition) is 2. The van der Waals surface area contributed by atoms with Gasteiger partial charge in [-0.1, -0.05) is 19.1 Å². The first-order chi connectivity index (χ1) is 15.1. The second-order valence-electron chi connectivity index (χ2n) is 7.58. The number of nitrogens with one attached hydrogen (secondary N) is 2. The molecular formula is C22H25F3N2O4S. The highest BCUT2D eigenvalue weighted by molar-refractivity contribution is 7.91. The van der Waals surface area contributed by atoms with Gasteiger partial charge in [-0.05, 0) is 56.0 Å². The van der Waals surface area contributed by atoms with E-state index in [1.807, 2.05) is 0 Å². The molecule has 0 aromatic heterocycles. The molecule has 174 valence electrons. The number of amides is 2. The fraction of sp³-hybridized carbons (Fsp3) is 0.409. The zero-order valence-corrected chi connectivity index (χ0v) is 18.4. The van der Waals surface area contributed by atoms with Crippen molar-refractivity contribution in [3.8, 4) is 0 Å². The van der Waals surface area contributed by atoms with Gasteiger partial charge in [0.1, 0.15) is 0 Å². The van der Waals surface area contributed by atoms with Crippen LogP contribution in [-0.2, 0) is 20.8 Å². The number of anilines is 2. The van der Waals surface area contributed by atoms with Gasteiger partial charge in [0.25, 0.3) is 0 Å². The molecule has 3 rings (SSSR count). The van der Waals surface area contributed by atoms with Gasteiger partial charge in [-0.15, -0.1) is 0 Å². The van der Waals surface area contributed by atoms with E-state index in [0.29, 0.717) is 25.0 Å². The monoisotopic (exact) mass is 470 g/mol. The molecule has 1 fully saturated rings. The summed E-state index contributed by atoms with van der Waals surface area (Å²) in [4.78, 5) is 12.6. The van der Waals surface area contributed by atoms with E-state index in [0.717, 1.165) is 25.0 Å². The lowest BCUT2D eigenvalue weighted by atomic mass is 10.00. The Morgan fingerprint density at radius 3 is 2.56 bits per heavy atom. The molecule has 1 aliphatic heterocycles. The number of urea groups is 1. The lowest BCUT2D eigenvalue weighted by molar-refractivity contribution is -0.137. The lowest BCUT2D eigenvalue weighted by Gasteiger charge is -2.25. The number of halogens is 3. The van der Waals surface area contributed by atoms with Gasteiger partial charge in [0.05, 0.1) is 22.3 Å². The number of sulfone groups is 1. The van der Waals surface area contributed by atoms with Crippen LogP contribution in [0.25, 0.3) is 0 Å². The number of alkyl halides is 3. The van der Waals surface area contributed by atoms with Crippen LogP contribution in [0.4, 0.5) is 29.3 Å². The molecule has 1 aliphatic rings. The summed E-state index contributed by atoms with van der Waals surface area (Å²) in [6.45, 7) is 2.31. The van der Waals surface area contributed by atoms with Crippen LogP contribution in [-0.4, -0.2) is 26.8 Å². The van der Waals surface area contributed by atoms with Crippen molar-refractivity contribution in [2.75, 3.05) is 23.0 Å². The Labute approximate surface area is 185 Å². The van der Waals surface area contributed by atoms with Gasteiger partial charge in [-0.25, -0.2) is 13.2 Å². The summed E-state index contributed by atoms with van der Waals surface area (Å²) in [6.07, 6.45) is -1.86. The van der Waals surface area contributed by atoms with Crippen molar-refractivity contribution in [2.45, 2.75) is 49.8 Å². The van der Waals surface area contributed by atoms with Gasteiger partial charge in [0, 0.05) is 23.5 Å². The maximum absolute atomic E-state index is 12.9. The zero-order valence-electron chi connectivity index (χ0n) is 17.5. The van der Waals surface area contributed by atoms with E-state index in [2.05, 4.69) is 10.6 Å². The third-order valence-electron chi connectivity index (χ3n) is 5.08. The molecule has 2 amide bonds. The van der Waals surface area contributed by atoms with Gasteiger partial charge in [0.15, 0.2) is 9.84 Å². The maximum Gasteiger partial charge on any atom is 0.416 e. The number of carbonyl (C=O) groups is 1. The van der Waals surface area contributed by atoms with Crippen molar-refractivity contribution in [1.82, 2.24) is 0 Å². The zero-order chi connectivity index (χ0) is 23.4. The van der Waals surface area contributed by atoms with Crippen LogP contribution in [0.3, 0.4) is 0 Å². The molecule has 0 spiro atoms. The third kappa shape index (κ3) is 6.01. The molecule has 1 heterocycles. The molecule has 1 saturated heterocycles. The summed E-state index contributed by atoms with van der Waals surface area (Å²) in [5.41, 5.74) is -0.0558. The normalized spacial score (nSPS) is 17.1. The number of carbonyl (C=O) groups excluding carboxylic acids is 1. The average molecular weight is 471 g/mol. The fourth-order valence-electron chi connectivity index (χ4n) is 3.55. The van der Waals surface area contributed by atoms with Crippen LogP contribution in [0.15, 0.2) is 47.4 Å². The quantitative estimate of drug-likeness (QED) is 0.561. The molecule has 0 aliphatic carbocycles. The Morgan fingerprint density at radius 2 is 1.91 bits per heavy atom. The Kier molecular flexibility index (Phi) is 7.45. The van der Waals surface area contributed by atoms with Crippen LogP contribution in [0.2, 0.25) is 0 Å². The third-order valence-corrected chi connectivity index (χ3v) is 7.00. The van der Waals surface area contributed by atoms with E-state index < -0.39 is 27.6 Å². The molecule has 1 atom stereocenters. The summed E-state index contributed by atoms with van der Waals surface area (Å²) < 4.78 is 69.6. The summed E-state index contributed by atoms with van der Waals surface area (Å²) in [7, 11) is -3.53. The van der Waals surface area contributed by atoms with Gasteiger partial charge >= 0.3 is 12.2 Å². The highest BCUT2D eigenvalue weighted by atomic mass is 32.2. The van der Waals surface area contributed by atoms with Crippen LogP contribution < -0.4 is 10.6 Å². The molecule has 6 nitrogen and oxygen atoms in total. The van der Waals surface area contributed by atoms with Crippen LogP contribution >= 0.6 is 0 Å². The molecule has 2 N–H and O–H groups in total. The summed E-state index contributed by atoms with van der Waals surface area (Å²) in [6, 6.07) is 7.97. The molecule has 2 aromatic rings. The van der Waals surface area contributed by atoms with E-state index in [9.17, 15) is 26.4 Å². The largest absolute Gasteiger partial charge is 0.416 e. The summed E-state index contributed by atoms with van der Waals surface area (Å²) >= 11 is 0. The van der Waals surface area contributed by atoms with Crippen molar-refractivity contribution in [3.63, 3.8) is 0 Å². The van der Waals surface area contributed by atoms with Crippen molar-refractivity contribution in [2.24, 2.45) is 0 Å². The van der Waals surface area contributed by atoms with E-state index in [1.165, 1.54) is 24.3 Å². The molecule has 0 bridgehead atoms. The average Bonchev–Trinajstić information content (AvgIpc) is 2.74. The van der Waals surface area contributed by atoms with E-state index in [1.54, 1.807) is 13.0 Å². The van der Waals surface area contributed by atoms with Crippen LogP contribution in [0, 0.1) is 0 Å². The minimum atomic E-state index is -4.54. The Hall–Kier alpha value is -2.59. The predicted octanol–water partition coefficient (Wildman–Crippen LogP) is 5.77. The van der Waals surface area contributed by atoms with E-state index >= 15 is 0 Å². The second-order valence-corrected chi connectivity index (χ2v) is 9.69. The minimum Gasteiger partial charge on any atom is -0.373 e. The fourth-order valence-corrected chi connectivity index (χ4v) is 4.89. The molecule has 32 heavy (non-hydrogen) atoms. The minimum absolute atomic E-state index is 0.0393. The van der Waals surface area contributed by atoms with Crippen LogP contribution in [0.1, 0.15) is 49.8 Å². The van der Waals surface area contributed by atoms with Gasteiger partial charge in [0.2, 0.25) is 0 Å². The van der Waals surface area contributed by atoms with Crippen molar-refractivity contribution in [3.05, 3.63) is 53.6 Å². The Morgan fingerprint density at radius 1 is 1.12 bits per heavy atom. The number of benzene rings is 2. The summed E-state index contributed by atoms with van der Waals surface area (Å²) in [5, 5.41) is 4.97. The SMILES string of the molecule is CCCS(=O)(=O)c1ccc(C2CCCCO2)c(NC(=O)Nc2cccc(C(F)(F)F)c2)c1. The number of rotatable bonds is 6. The molecule has 0 radical (unpaired) electrons. The summed E-state index contributed by atoms with van der Waals surface area (Å²) in [5.74, 6) is -0.0395. The van der Waals surface area contributed by atoms with Crippen LogP contribution in [0.5, 0.6) is 0 Å². The first-order valence-corrected chi connectivity index (χ1v) is 12.0. The predicted molar refractivity (Wildman–Crippen MR) is 115 cm³/mol. The number of hydrogen-bond acceptors (Lipinski definition) is 4. The standard InChI is InChI=1S/C22H25F3N2O4S/c1-2-12-32(29,30)17-9-10-18(20-8-3-4-11-31-20)19(14-17)27-21(28)26-16-7-5-6-15(13-16)22(23,24)25/h5-7,9-10,13-14,20H,2-4,8,11-12H2,1H3,(H2,26,27,28). The first-order valence-electron chi connectivity index (χ1n) is 10.3. The molecule has 0 saturated carbocycles. The molecule has 1 unspecified atom stereocenters. The lowest BCUT2D eigenvalue weighted by Crippen LogP contribution is -2.22. The van der Waals surface area contributed by atoms with Gasteiger partial charge in [-0.2, -0.15) is 13.2 Å². The highest BCUT2D eigenvalue weighted by Gasteiger charge is 2.30. The Bertz CT molecular complexity index is 1070.